The molecule has 1 heterocycles. The molecule has 1 saturated heterocycles. The van der Waals surface area contributed by atoms with E-state index in [-0.39, 0.29) is 41.2 Å². The van der Waals surface area contributed by atoms with Crippen molar-refractivity contribution in [2.45, 2.75) is 31.5 Å². The van der Waals surface area contributed by atoms with Crippen LogP contribution in [-0.2, 0) is 17.4 Å². The average molecular weight is 558 g/mol. The highest BCUT2D eigenvalue weighted by atomic mass is 32.2. The molecule has 2 N–H and O–H groups in total. The van der Waals surface area contributed by atoms with Crippen molar-refractivity contribution in [1.82, 2.24) is 9.80 Å². The Hall–Kier alpha value is -2.90. The number of anilines is 1. The lowest BCUT2D eigenvalue weighted by molar-refractivity contribution is -0.138. The van der Waals surface area contributed by atoms with Gasteiger partial charge in [-0.3, -0.25) is 4.79 Å². The summed E-state index contributed by atoms with van der Waals surface area (Å²) in [6.07, 6.45) is -3.11. The number of rotatable bonds is 9. The maximum Gasteiger partial charge on any atom is 0.416 e. The second-order valence-electron chi connectivity index (χ2n) is 8.43. The van der Waals surface area contributed by atoms with Crippen molar-refractivity contribution in [2.24, 2.45) is 0 Å². The molecule has 1 atom stereocenters. The first kappa shape index (κ1) is 28.7. The molecular weight excluding hydrogens is 531 g/mol. The van der Waals surface area contributed by atoms with Gasteiger partial charge in [-0.1, -0.05) is 30.3 Å². The number of amides is 1. The van der Waals surface area contributed by atoms with Gasteiger partial charge in [0, 0.05) is 13.6 Å². The third kappa shape index (κ3) is 8.04. The summed E-state index contributed by atoms with van der Waals surface area (Å²) in [6.45, 7) is 2.32. The quantitative estimate of drug-likeness (QED) is 0.359. The van der Waals surface area contributed by atoms with E-state index in [0.29, 0.717) is 6.54 Å². The molecule has 0 aliphatic carbocycles. The summed E-state index contributed by atoms with van der Waals surface area (Å²) in [5, 5.41) is 15.5. The molecule has 0 unspecified atom stereocenters. The van der Waals surface area contributed by atoms with E-state index in [0.717, 1.165) is 53.4 Å². The smallest absolute Gasteiger partial charge is 0.416 e. The van der Waals surface area contributed by atoms with Crippen molar-refractivity contribution in [3.8, 4) is 0 Å². The third-order valence-corrected chi connectivity index (χ3v) is 7.43. The predicted octanol–water partition coefficient (Wildman–Crippen LogP) is 6.00. The number of benzene rings is 2. The molecule has 0 aromatic heterocycles. The van der Waals surface area contributed by atoms with Crippen LogP contribution in [0.15, 0.2) is 48.5 Å². The predicted molar refractivity (Wildman–Crippen MR) is 136 cm³/mol. The highest BCUT2D eigenvalue weighted by Gasteiger charge is 2.33. The normalized spacial score (nSPS) is 14.8. The SMILES string of the molecule is CN(C(=O)Cc1cc(C(F)(F)F)ccc1N(SC(=O)O)SC(=O)O)[C@H](CN1CCCC1)c1ccccc1. The summed E-state index contributed by atoms with van der Waals surface area (Å²) >= 11 is 0.176. The summed E-state index contributed by atoms with van der Waals surface area (Å²) in [4.78, 5) is 39.8. The van der Waals surface area contributed by atoms with Crippen molar-refractivity contribution in [1.29, 1.82) is 0 Å². The monoisotopic (exact) mass is 557 g/mol. The summed E-state index contributed by atoms with van der Waals surface area (Å²) in [5.74, 6) is -0.491. The number of nitrogens with zero attached hydrogens (tertiary/aromatic N) is 3. The molecular formula is C24H26F3N3O5S2. The van der Waals surface area contributed by atoms with Crippen molar-refractivity contribution in [3.05, 3.63) is 65.2 Å². The fourth-order valence-corrected chi connectivity index (χ4v) is 5.51. The molecule has 200 valence electrons. The van der Waals surface area contributed by atoms with Crippen LogP contribution in [0.4, 0.5) is 28.4 Å². The minimum atomic E-state index is -4.71. The fourth-order valence-electron chi connectivity index (χ4n) is 4.14. The number of alkyl halides is 3. The Morgan fingerprint density at radius 1 is 1.00 bits per heavy atom. The Balaban J connectivity index is 1.95. The van der Waals surface area contributed by atoms with Crippen LogP contribution in [0.2, 0.25) is 0 Å². The van der Waals surface area contributed by atoms with E-state index in [1.54, 1.807) is 7.05 Å². The second kappa shape index (κ2) is 12.6. The Bertz CT molecular complexity index is 1100. The highest BCUT2D eigenvalue weighted by molar-refractivity contribution is 8.30. The average Bonchev–Trinajstić information content (AvgIpc) is 3.34. The Morgan fingerprint density at radius 2 is 1.59 bits per heavy atom. The van der Waals surface area contributed by atoms with E-state index in [2.05, 4.69) is 4.90 Å². The fraction of sp³-hybridized carbons (Fsp3) is 0.375. The first-order valence-corrected chi connectivity index (χ1v) is 12.9. The maximum absolute atomic E-state index is 13.5. The number of hydrogen-bond donors (Lipinski definition) is 2. The molecule has 2 aromatic rings. The van der Waals surface area contributed by atoms with E-state index in [9.17, 15) is 37.8 Å². The summed E-state index contributed by atoms with van der Waals surface area (Å²) in [5.41, 5.74) is -0.412. The number of carbonyl (C=O) groups excluding carboxylic acids is 1. The number of likely N-dealkylation sites (N-methyl/N-ethyl adjacent to an activating group) is 1. The van der Waals surface area contributed by atoms with Crippen molar-refractivity contribution in [3.63, 3.8) is 0 Å². The molecule has 1 aliphatic rings. The van der Waals surface area contributed by atoms with Crippen molar-refractivity contribution < 1.29 is 37.8 Å². The third-order valence-electron chi connectivity index (χ3n) is 5.94. The summed E-state index contributed by atoms with van der Waals surface area (Å²) in [6, 6.07) is 11.4. The van der Waals surface area contributed by atoms with Crippen LogP contribution in [-0.4, -0.2) is 63.2 Å². The lowest BCUT2D eigenvalue weighted by Gasteiger charge is -2.32. The van der Waals surface area contributed by atoms with E-state index >= 15 is 0 Å². The van der Waals surface area contributed by atoms with Gasteiger partial charge in [0.05, 0.1) is 47.6 Å². The molecule has 1 aliphatic heterocycles. The van der Waals surface area contributed by atoms with Crippen LogP contribution >= 0.6 is 23.9 Å². The van der Waals surface area contributed by atoms with Gasteiger partial charge >= 0.3 is 16.8 Å². The van der Waals surface area contributed by atoms with Gasteiger partial charge in [-0.05, 0) is 55.3 Å². The number of likely N-dealkylation sites (tertiary alicyclic amines) is 1. The molecule has 1 amide bonds. The van der Waals surface area contributed by atoms with E-state index < -0.39 is 34.7 Å². The number of carboxylic acid groups (broad SMARTS) is 2. The van der Waals surface area contributed by atoms with Gasteiger partial charge < -0.3 is 20.0 Å². The van der Waals surface area contributed by atoms with Crippen LogP contribution in [0.5, 0.6) is 0 Å². The molecule has 0 radical (unpaired) electrons. The van der Waals surface area contributed by atoms with Crippen LogP contribution in [0.1, 0.15) is 35.6 Å². The van der Waals surface area contributed by atoms with Crippen LogP contribution in [0.3, 0.4) is 0 Å². The Labute approximate surface area is 220 Å². The van der Waals surface area contributed by atoms with E-state index in [1.165, 1.54) is 4.90 Å². The Kier molecular flexibility index (Phi) is 9.74. The zero-order chi connectivity index (χ0) is 27.2. The minimum Gasteiger partial charge on any atom is -0.472 e. The van der Waals surface area contributed by atoms with Crippen LogP contribution < -0.4 is 3.71 Å². The number of carbonyl (C=O) groups is 3. The van der Waals surface area contributed by atoms with Gasteiger partial charge in [0.25, 0.3) is 0 Å². The lowest BCUT2D eigenvalue weighted by Crippen LogP contribution is -2.39. The standard InChI is InChI=1S/C24H26F3N3O5S2/c1-28(20(15-29-11-5-6-12-29)16-7-3-2-4-8-16)21(31)14-17-13-18(24(25,26)27)9-10-19(17)30(36-22(32)33)37-23(34)35/h2-4,7-10,13,20H,5-6,11-12,14-15H2,1H3,(H,32,33)(H,34,35)/t20-/m1/s1. The van der Waals surface area contributed by atoms with Crippen molar-refractivity contribution in [2.75, 3.05) is 30.4 Å². The highest BCUT2D eigenvalue weighted by Crippen LogP contribution is 2.38. The lowest BCUT2D eigenvalue weighted by atomic mass is 10.0. The first-order chi connectivity index (χ1) is 17.5. The Morgan fingerprint density at radius 3 is 2.14 bits per heavy atom. The molecule has 2 aromatic carbocycles. The zero-order valence-electron chi connectivity index (χ0n) is 19.8. The van der Waals surface area contributed by atoms with E-state index in [1.807, 2.05) is 30.3 Å². The number of halogens is 3. The van der Waals surface area contributed by atoms with Gasteiger partial charge in [0.1, 0.15) is 0 Å². The molecule has 0 bridgehead atoms. The van der Waals surface area contributed by atoms with Crippen LogP contribution in [0, 0.1) is 0 Å². The molecule has 8 nitrogen and oxygen atoms in total. The van der Waals surface area contributed by atoms with Gasteiger partial charge in [-0.25, -0.2) is 13.3 Å². The van der Waals surface area contributed by atoms with Gasteiger partial charge in [-0.2, -0.15) is 13.2 Å². The molecule has 0 spiro atoms. The molecule has 37 heavy (non-hydrogen) atoms. The van der Waals surface area contributed by atoms with Gasteiger partial charge in [-0.15, -0.1) is 0 Å². The molecule has 3 rings (SSSR count). The first-order valence-electron chi connectivity index (χ1n) is 11.3. The number of hydrogen-bond acceptors (Lipinski definition) is 7. The molecule has 1 fully saturated rings. The van der Waals surface area contributed by atoms with Gasteiger partial charge in [0.15, 0.2) is 0 Å². The largest absolute Gasteiger partial charge is 0.472 e. The van der Waals surface area contributed by atoms with Crippen molar-refractivity contribution >= 4 is 46.1 Å². The van der Waals surface area contributed by atoms with Gasteiger partial charge in [0.2, 0.25) is 5.91 Å². The zero-order valence-corrected chi connectivity index (χ0v) is 21.5. The minimum absolute atomic E-state index is 0.0878. The van der Waals surface area contributed by atoms with E-state index in [4.69, 9.17) is 0 Å². The maximum atomic E-state index is 13.5. The molecule has 0 saturated carbocycles. The second-order valence-corrected chi connectivity index (χ2v) is 10.5. The molecule has 13 heteroatoms. The van der Waals surface area contributed by atoms with Crippen LogP contribution in [0.25, 0.3) is 0 Å². The summed E-state index contributed by atoms with van der Waals surface area (Å²) < 4.78 is 41.2. The summed E-state index contributed by atoms with van der Waals surface area (Å²) in [7, 11) is 1.58. The topological polar surface area (TPSA) is 101 Å².